The Hall–Kier alpha value is -2.23. The summed E-state index contributed by atoms with van der Waals surface area (Å²) in [5, 5.41) is 14.5. The summed E-state index contributed by atoms with van der Waals surface area (Å²) in [5.41, 5.74) is 1.54. The van der Waals surface area contributed by atoms with E-state index >= 15 is 0 Å². The van der Waals surface area contributed by atoms with Crippen molar-refractivity contribution in [1.82, 2.24) is 14.8 Å². The average Bonchev–Trinajstić information content (AvgIpc) is 3.34. The number of thiophene rings is 1. The van der Waals surface area contributed by atoms with Crippen LogP contribution in [-0.2, 0) is 18.3 Å². The zero-order chi connectivity index (χ0) is 21.7. The lowest BCUT2D eigenvalue weighted by molar-refractivity contribution is -0.113. The van der Waals surface area contributed by atoms with E-state index in [1.54, 1.807) is 23.5 Å². The van der Waals surface area contributed by atoms with Gasteiger partial charge in [-0.3, -0.25) is 4.79 Å². The van der Waals surface area contributed by atoms with Crippen LogP contribution in [0, 0.1) is 0 Å². The maximum Gasteiger partial charge on any atom is 0.234 e. The van der Waals surface area contributed by atoms with Crippen LogP contribution in [0.15, 0.2) is 28.7 Å². The number of benzene rings is 1. The third-order valence-corrected chi connectivity index (χ3v) is 6.64. The van der Waals surface area contributed by atoms with E-state index in [-0.39, 0.29) is 11.7 Å². The SMILES string of the molecule is CCCc1cc(-c2nnc(SCC(=O)Nc3cc(OC)c(Cl)cc3OC)n2C)cs1. The summed E-state index contributed by atoms with van der Waals surface area (Å²) in [6.45, 7) is 2.16. The van der Waals surface area contributed by atoms with Gasteiger partial charge in [0.1, 0.15) is 11.5 Å². The molecule has 1 aromatic carbocycles. The van der Waals surface area contributed by atoms with E-state index in [1.165, 1.54) is 30.9 Å². The lowest BCUT2D eigenvalue weighted by atomic mass is 10.2. The maximum absolute atomic E-state index is 12.5. The number of nitrogens with one attached hydrogen (secondary N) is 1. The number of hydrogen-bond acceptors (Lipinski definition) is 7. The van der Waals surface area contributed by atoms with Crippen molar-refractivity contribution in [2.24, 2.45) is 7.05 Å². The summed E-state index contributed by atoms with van der Waals surface area (Å²) in [4.78, 5) is 13.8. The van der Waals surface area contributed by atoms with Gasteiger partial charge in [-0.1, -0.05) is 36.7 Å². The molecule has 0 aliphatic rings. The molecule has 1 N–H and O–H groups in total. The van der Waals surface area contributed by atoms with E-state index < -0.39 is 0 Å². The van der Waals surface area contributed by atoms with Gasteiger partial charge in [-0.15, -0.1) is 21.5 Å². The van der Waals surface area contributed by atoms with Gasteiger partial charge < -0.3 is 19.4 Å². The molecule has 160 valence electrons. The van der Waals surface area contributed by atoms with Crippen LogP contribution >= 0.6 is 34.7 Å². The van der Waals surface area contributed by atoms with Gasteiger partial charge in [-0.25, -0.2) is 0 Å². The third-order valence-electron chi connectivity index (χ3n) is 4.32. The second kappa shape index (κ2) is 10.2. The number of nitrogens with zero attached hydrogens (tertiary/aromatic N) is 3. The van der Waals surface area contributed by atoms with Gasteiger partial charge in [0, 0.05) is 35.0 Å². The molecule has 0 bridgehead atoms. The van der Waals surface area contributed by atoms with Gasteiger partial charge >= 0.3 is 0 Å². The molecule has 2 heterocycles. The molecule has 0 aliphatic carbocycles. The molecule has 0 spiro atoms. The standard InChI is InChI=1S/C20H23ClN4O3S2/c1-5-6-13-7-12(10-29-13)19-23-24-20(25(19)2)30-11-18(26)22-15-9-16(27-3)14(21)8-17(15)28-4/h7-10H,5-6,11H2,1-4H3,(H,22,26). The minimum atomic E-state index is -0.201. The fraction of sp³-hybridized carbons (Fsp3) is 0.350. The van der Waals surface area contributed by atoms with Crippen molar-refractivity contribution in [2.45, 2.75) is 24.9 Å². The summed E-state index contributed by atoms with van der Waals surface area (Å²) in [5.74, 6) is 1.68. The Bertz CT molecular complexity index is 1040. The van der Waals surface area contributed by atoms with Crippen LogP contribution in [0.4, 0.5) is 5.69 Å². The van der Waals surface area contributed by atoms with Crippen molar-refractivity contribution >= 4 is 46.3 Å². The number of thioether (sulfide) groups is 1. The maximum atomic E-state index is 12.5. The summed E-state index contributed by atoms with van der Waals surface area (Å²) in [6, 6.07) is 5.39. The lowest BCUT2D eigenvalue weighted by Gasteiger charge is -2.13. The molecule has 3 rings (SSSR count). The molecular weight excluding hydrogens is 444 g/mol. The predicted molar refractivity (Wildman–Crippen MR) is 122 cm³/mol. The van der Waals surface area contributed by atoms with Gasteiger partial charge in [0.25, 0.3) is 0 Å². The molecule has 0 aliphatic heterocycles. The van der Waals surface area contributed by atoms with Crippen LogP contribution in [-0.4, -0.2) is 40.6 Å². The number of amides is 1. The van der Waals surface area contributed by atoms with Crippen molar-refractivity contribution in [3.63, 3.8) is 0 Å². The van der Waals surface area contributed by atoms with Crippen molar-refractivity contribution in [2.75, 3.05) is 25.3 Å². The van der Waals surface area contributed by atoms with Crippen LogP contribution in [0.5, 0.6) is 11.5 Å². The molecule has 0 saturated carbocycles. The summed E-state index contributed by atoms with van der Waals surface area (Å²) in [7, 11) is 4.93. The van der Waals surface area contributed by atoms with Gasteiger partial charge in [0.05, 0.1) is 30.7 Å². The fourth-order valence-electron chi connectivity index (χ4n) is 2.84. The largest absolute Gasteiger partial charge is 0.495 e. The minimum absolute atomic E-state index is 0.171. The number of rotatable bonds is 9. The number of aromatic nitrogens is 3. The molecule has 0 unspecified atom stereocenters. The van der Waals surface area contributed by atoms with Crippen LogP contribution < -0.4 is 14.8 Å². The number of methoxy groups -OCH3 is 2. The highest BCUT2D eigenvalue weighted by atomic mass is 35.5. The molecule has 0 radical (unpaired) electrons. The number of anilines is 1. The molecule has 30 heavy (non-hydrogen) atoms. The van der Waals surface area contributed by atoms with E-state index in [1.807, 2.05) is 11.6 Å². The first-order valence-electron chi connectivity index (χ1n) is 9.28. The van der Waals surface area contributed by atoms with E-state index in [2.05, 4.69) is 33.9 Å². The van der Waals surface area contributed by atoms with Gasteiger partial charge in [-0.05, 0) is 12.5 Å². The summed E-state index contributed by atoms with van der Waals surface area (Å²) in [6.07, 6.45) is 2.17. The zero-order valence-corrected chi connectivity index (χ0v) is 19.6. The molecule has 10 heteroatoms. The molecule has 7 nitrogen and oxygen atoms in total. The Morgan fingerprint density at radius 2 is 2.00 bits per heavy atom. The Balaban J connectivity index is 1.66. The highest BCUT2D eigenvalue weighted by Gasteiger charge is 2.16. The van der Waals surface area contributed by atoms with Gasteiger partial charge in [-0.2, -0.15) is 0 Å². The zero-order valence-electron chi connectivity index (χ0n) is 17.2. The number of ether oxygens (including phenoxy) is 2. The number of hydrogen-bond donors (Lipinski definition) is 1. The van der Waals surface area contributed by atoms with Crippen LogP contribution in [0.3, 0.4) is 0 Å². The molecule has 3 aromatic rings. The third kappa shape index (κ3) is 5.08. The number of carbonyl (C=O) groups excluding carboxylic acids is 1. The smallest absolute Gasteiger partial charge is 0.234 e. The molecule has 0 saturated heterocycles. The number of aryl methyl sites for hydroxylation is 1. The molecule has 0 atom stereocenters. The van der Waals surface area contributed by atoms with Crippen molar-refractivity contribution in [3.05, 3.63) is 33.5 Å². The highest BCUT2D eigenvalue weighted by Crippen LogP contribution is 2.36. The van der Waals surface area contributed by atoms with Crippen molar-refractivity contribution < 1.29 is 14.3 Å². The second-order valence-electron chi connectivity index (χ2n) is 6.44. The monoisotopic (exact) mass is 466 g/mol. The Labute approximate surface area is 188 Å². The molecule has 1 amide bonds. The van der Waals surface area contributed by atoms with Crippen molar-refractivity contribution in [3.8, 4) is 22.9 Å². The topological polar surface area (TPSA) is 78.3 Å². The average molecular weight is 467 g/mol. The molecular formula is C20H23ClN4O3S2. The van der Waals surface area contributed by atoms with Crippen LogP contribution in [0.1, 0.15) is 18.2 Å². The summed E-state index contributed by atoms with van der Waals surface area (Å²) < 4.78 is 12.4. The van der Waals surface area contributed by atoms with E-state index in [0.717, 1.165) is 24.2 Å². The number of halogens is 1. The van der Waals surface area contributed by atoms with Gasteiger partial charge in [0.2, 0.25) is 5.91 Å². The predicted octanol–water partition coefficient (Wildman–Crippen LogP) is 4.90. The molecule has 2 aromatic heterocycles. The van der Waals surface area contributed by atoms with E-state index in [4.69, 9.17) is 21.1 Å². The Morgan fingerprint density at radius 3 is 2.70 bits per heavy atom. The Kier molecular flexibility index (Phi) is 7.63. The summed E-state index contributed by atoms with van der Waals surface area (Å²) >= 11 is 9.15. The van der Waals surface area contributed by atoms with E-state index in [0.29, 0.717) is 27.4 Å². The first-order valence-corrected chi connectivity index (χ1v) is 11.5. The van der Waals surface area contributed by atoms with Crippen LogP contribution in [0.2, 0.25) is 5.02 Å². The quantitative estimate of drug-likeness (QED) is 0.452. The minimum Gasteiger partial charge on any atom is -0.495 e. The van der Waals surface area contributed by atoms with Gasteiger partial charge in [0.15, 0.2) is 11.0 Å². The Morgan fingerprint density at radius 1 is 1.23 bits per heavy atom. The first kappa shape index (κ1) is 22.5. The van der Waals surface area contributed by atoms with E-state index in [9.17, 15) is 4.79 Å². The highest BCUT2D eigenvalue weighted by molar-refractivity contribution is 7.99. The normalized spacial score (nSPS) is 10.8. The lowest BCUT2D eigenvalue weighted by Crippen LogP contribution is -2.15. The second-order valence-corrected chi connectivity index (χ2v) is 8.79. The van der Waals surface area contributed by atoms with Crippen LogP contribution in [0.25, 0.3) is 11.4 Å². The molecule has 0 fully saturated rings. The first-order chi connectivity index (χ1) is 14.5. The van der Waals surface area contributed by atoms with Crippen molar-refractivity contribution in [1.29, 1.82) is 0 Å². The number of carbonyl (C=O) groups is 1. The fourth-order valence-corrected chi connectivity index (χ4v) is 4.75.